The third-order valence-corrected chi connectivity index (χ3v) is 1.93. The van der Waals surface area contributed by atoms with Crippen molar-refractivity contribution in [3.05, 3.63) is 0 Å². The van der Waals surface area contributed by atoms with Crippen LogP contribution in [0.1, 0.15) is 19.3 Å². The van der Waals surface area contributed by atoms with Gasteiger partial charge in [-0.15, -0.1) is 0 Å². The van der Waals surface area contributed by atoms with E-state index in [1.165, 1.54) is 0 Å². The number of nitriles is 1. The van der Waals surface area contributed by atoms with Crippen LogP contribution in [0.4, 0.5) is 0 Å². The number of rotatable bonds is 2. The molecule has 0 saturated carbocycles. The van der Waals surface area contributed by atoms with Crippen molar-refractivity contribution in [2.24, 2.45) is 5.92 Å². The van der Waals surface area contributed by atoms with Gasteiger partial charge in [0.05, 0.1) is 12.5 Å². The van der Waals surface area contributed by atoms with Crippen LogP contribution in [0.3, 0.4) is 0 Å². The lowest BCUT2D eigenvalue weighted by Gasteiger charge is -2.19. The monoisotopic (exact) mass is 153 g/mol. The molecule has 0 aromatic heterocycles. The maximum Gasteiger partial charge on any atom is 0.150 e. The van der Waals surface area contributed by atoms with Crippen molar-refractivity contribution in [1.82, 2.24) is 0 Å². The minimum absolute atomic E-state index is 0.0602. The van der Waals surface area contributed by atoms with Crippen LogP contribution >= 0.6 is 0 Å². The van der Waals surface area contributed by atoms with Crippen molar-refractivity contribution in [3.8, 4) is 6.07 Å². The number of hydrogen-bond acceptors (Lipinski definition) is 3. The largest absolute Gasteiger partial charge is 0.381 e. The Hall–Kier alpha value is -0.880. The molecule has 60 valence electrons. The van der Waals surface area contributed by atoms with Crippen LogP contribution in [0.15, 0.2) is 0 Å². The van der Waals surface area contributed by atoms with E-state index in [0.717, 1.165) is 12.8 Å². The second-order valence-corrected chi connectivity index (χ2v) is 2.69. The summed E-state index contributed by atoms with van der Waals surface area (Å²) in [7, 11) is 0. The summed E-state index contributed by atoms with van der Waals surface area (Å²) in [5, 5.41) is 8.27. The van der Waals surface area contributed by atoms with Crippen LogP contribution in [0, 0.1) is 17.2 Å². The number of Topliss-reactive ketones (excluding diaryl/α,β-unsaturated/α-hetero) is 1. The Morgan fingerprint density at radius 2 is 2.18 bits per heavy atom. The van der Waals surface area contributed by atoms with Crippen LogP contribution < -0.4 is 0 Å². The lowest BCUT2D eigenvalue weighted by Crippen LogP contribution is -2.22. The van der Waals surface area contributed by atoms with Crippen LogP contribution in [-0.4, -0.2) is 19.0 Å². The van der Waals surface area contributed by atoms with E-state index >= 15 is 0 Å². The van der Waals surface area contributed by atoms with Gasteiger partial charge >= 0.3 is 0 Å². The van der Waals surface area contributed by atoms with Gasteiger partial charge in [-0.1, -0.05) is 0 Å². The predicted octanol–water partition coefficient (Wildman–Crippen LogP) is 0.896. The van der Waals surface area contributed by atoms with Crippen molar-refractivity contribution in [1.29, 1.82) is 5.26 Å². The first-order chi connectivity index (χ1) is 5.34. The number of ether oxygens (including phenoxy) is 1. The standard InChI is InChI=1S/C8H11NO2/c9-4-1-8(10)7-2-5-11-6-3-7/h7H,1-3,5-6H2. The average molecular weight is 153 g/mol. The number of hydrogen-bond donors (Lipinski definition) is 0. The molecule has 1 rings (SSSR count). The highest BCUT2D eigenvalue weighted by molar-refractivity contribution is 5.82. The molecule has 11 heavy (non-hydrogen) atoms. The fraction of sp³-hybridized carbons (Fsp3) is 0.750. The highest BCUT2D eigenvalue weighted by Crippen LogP contribution is 2.16. The van der Waals surface area contributed by atoms with Gasteiger partial charge in [0.2, 0.25) is 0 Å². The summed E-state index contributed by atoms with van der Waals surface area (Å²) in [6.45, 7) is 1.34. The normalized spacial score (nSPS) is 19.2. The van der Waals surface area contributed by atoms with Gasteiger partial charge in [-0.2, -0.15) is 5.26 Å². The Labute approximate surface area is 66.0 Å². The first-order valence-corrected chi connectivity index (χ1v) is 3.82. The van der Waals surface area contributed by atoms with Crippen molar-refractivity contribution < 1.29 is 9.53 Å². The summed E-state index contributed by atoms with van der Waals surface area (Å²) in [6, 6.07) is 1.87. The van der Waals surface area contributed by atoms with E-state index in [9.17, 15) is 4.79 Å². The zero-order valence-electron chi connectivity index (χ0n) is 6.38. The summed E-state index contributed by atoms with van der Waals surface area (Å²) in [5.41, 5.74) is 0. The molecule has 0 atom stereocenters. The summed E-state index contributed by atoms with van der Waals surface area (Å²) in [6.07, 6.45) is 1.64. The third kappa shape index (κ3) is 2.32. The molecule has 1 aliphatic heterocycles. The van der Waals surface area contributed by atoms with E-state index in [2.05, 4.69) is 0 Å². The highest BCUT2D eigenvalue weighted by atomic mass is 16.5. The average Bonchev–Trinajstić information content (AvgIpc) is 2.07. The molecule has 0 amide bonds. The minimum atomic E-state index is 0.0602. The maximum atomic E-state index is 11.1. The zero-order chi connectivity index (χ0) is 8.10. The molecular weight excluding hydrogens is 142 g/mol. The third-order valence-electron chi connectivity index (χ3n) is 1.93. The molecule has 3 heteroatoms. The van der Waals surface area contributed by atoms with Gasteiger partial charge < -0.3 is 4.74 Å². The predicted molar refractivity (Wildman–Crippen MR) is 38.8 cm³/mol. The minimum Gasteiger partial charge on any atom is -0.381 e. The van der Waals surface area contributed by atoms with Gasteiger partial charge in [0, 0.05) is 19.1 Å². The van der Waals surface area contributed by atoms with Crippen molar-refractivity contribution in [2.45, 2.75) is 19.3 Å². The van der Waals surface area contributed by atoms with Crippen molar-refractivity contribution in [2.75, 3.05) is 13.2 Å². The molecule has 1 aliphatic rings. The molecule has 1 fully saturated rings. The smallest absolute Gasteiger partial charge is 0.150 e. The van der Waals surface area contributed by atoms with Crippen molar-refractivity contribution >= 4 is 5.78 Å². The topological polar surface area (TPSA) is 50.1 Å². The molecule has 1 heterocycles. The molecular formula is C8H11NO2. The van der Waals surface area contributed by atoms with E-state index < -0.39 is 0 Å². The Morgan fingerprint density at radius 1 is 1.55 bits per heavy atom. The maximum absolute atomic E-state index is 11.1. The molecule has 0 bridgehead atoms. The number of nitrogens with zero attached hydrogens (tertiary/aromatic N) is 1. The SMILES string of the molecule is N#CCC(=O)C1CCOCC1. The Kier molecular flexibility index (Phi) is 3.06. The van der Waals surface area contributed by atoms with Gasteiger partial charge in [-0.25, -0.2) is 0 Å². The number of carbonyl (C=O) groups is 1. The zero-order valence-corrected chi connectivity index (χ0v) is 6.38. The fourth-order valence-electron chi connectivity index (χ4n) is 1.24. The van der Waals surface area contributed by atoms with Crippen LogP contribution in [0.2, 0.25) is 0 Å². The van der Waals surface area contributed by atoms with E-state index in [1.54, 1.807) is 0 Å². The quantitative estimate of drug-likeness (QED) is 0.592. The Balaban J connectivity index is 2.34. The van der Waals surface area contributed by atoms with Gasteiger partial charge in [0.1, 0.15) is 5.78 Å². The van der Waals surface area contributed by atoms with Crippen LogP contribution in [0.5, 0.6) is 0 Å². The summed E-state index contributed by atoms with van der Waals surface area (Å²) in [4.78, 5) is 11.1. The van der Waals surface area contributed by atoms with E-state index in [1.807, 2.05) is 6.07 Å². The summed E-state index contributed by atoms with van der Waals surface area (Å²) < 4.78 is 5.09. The second-order valence-electron chi connectivity index (χ2n) is 2.69. The molecule has 3 nitrogen and oxygen atoms in total. The lowest BCUT2D eigenvalue weighted by molar-refractivity contribution is -0.124. The number of carbonyl (C=O) groups excluding carboxylic acids is 1. The fourth-order valence-corrected chi connectivity index (χ4v) is 1.24. The molecule has 0 radical (unpaired) electrons. The van der Waals surface area contributed by atoms with E-state index in [0.29, 0.717) is 13.2 Å². The van der Waals surface area contributed by atoms with Crippen LogP contribution in [0.25, 0.3) is 0 Å². The first-order valence-electron chi connectivity index (χ1n) is 3.82. The summed E-state index contributed by atoms with van der Waals surface area (Å²) in [5.74, 6) is 0.166. The van der Waals surface area contributed by atoms with Gasteiger partial charge in [0.15, 0.2) is 0 Å². The lowest BCUT2D eigenvalue weighted by atomic mass is 9.94. The van der Waals surface area contributed by atoms with E-state index in [-0.39, 0.29) is 18.1 Å². The molecule has 1 saturated heterocycles. The Bertz CT molecular complexity index is 177. The van der Waals surface area contributed by atoms with Crippen molar-refractivity contribution in [3.63, 3.8) is 0 Å². The van der Waals surface area contributed by atoms with Gasteiger partial charge in [-0.05, 0) is 12.8 Å². The summed E-state index contributed by atoms with van der Waals surface area (Å²) >= 11 is 0. The molecule has 0 unspecified atom stereocenters. The van der Waals surface area contributed by atoms with Crippen LogP contribution in [-0.2, 0) is 9.53 Å². The molecule has 0 aromatic rings. The molecule has 0 N–H and O–H groups in total. The molecule has 0 aliphatic carbocycles. The van der Waals surface area contributed by atoms with Gasteiger partial charge in [0.25, 0.3) is 0 Å². The first kappa shape index (κ1) is 8.22. The highest BCUT2D eigenvalue weighted by Gasteiger charge is 2.20. The molecule has 0 spiro atoms. The van der Waals surface area contributed by atoms with Gasteiger partial charge in [-0.3, -0.25) is 4.79 Å². The second kappa shape index (κ2) is 4.09. The Morgan fingerprint density at radius 3 is 2.73 bits per heavy atom. The van der Waals surface area contributed by atoms with E-state index in [4.69, 9.17) is 10.00 Å². The number of ketones is 1. The molecule has 0 aromatic carbocycles.